The van der Waals surface area contributed by atoms with E-state index in [1.807, 2.05) is 78.9 Å². The second-order valence-corrected chi connectivity index (χ2v) is 11.9. The number of amides is 1. The van der Waals surface area contributed by atoms with Crippen LogP contribution in [0.3, 0.4) is 0 Å². The molecule has 1 unspecified atom stereocenters. The Morgan fingerprint density at radius 1 is 1.04 bits per heavy atom. The van der Waals surface area contributed by atoms with Crippen LogP contribution >= 0.6 is 0 Å². The van der Waals surface area contributed by atoms with E-state index in [0.717, 1.165) is 16.7 Å². The number of aromatic nitrogens is 4. The normalized spacial score (nSPS) is 18.9. The molecular weight excluding hydrogens is 644 g/mol. The van der Waals surface area contributed by atoms with E-state index in [4.69, 9.17) is 18.9 Å². The van der Waals surface area contributed by atoms with Gasteiger partial charge in [0, 0.05) is 10.8 Å². The molecule has 1 amide bonds. The number of carbonyl (C=O) groups excluding carboxylic acids is 1. The zero-order valence-electron chi connectivity index (χ0n) is 27.8. The number of nitrogens with zero attached hydrogens (tertiary/aromatic N) is 6. The van der Waals surface area contributed by atoms with Gasteiger partial charge in [0.15, 0.2) is 17.4 Å². The number of methoxy groups -OCH3 is 2. The van der Waals surface area contributed by atoms with Crippen molar-refractivity contribution < 1.29 is 28.8 Å². The van der Waals surface area contributed by atoms with Crippen LogP contribution in [0, 0.1) is 5.92 Å². The number of azide groups is 1. The van der Waals surface area contributed by atoms with Crippen molar-refractivity contribution in [2.75, 3.05) is 26.1 Å². The predicted octanol–water partition coefficient (Wildman–Crippen LogP) is 4.68. The zero-order valence-corrected chi connectivity index (χ0v) is 27.8. The van der Waals surface area contributed by atoms with Gasteiger partial charge in [0.05, 0.1) is 39.3 Å². The molecule has 3 N–H and O–H groups in total. The summed E-state index contributed by atoms with van der Waals surface area (Å²) < 4.78 is 25.6. The molecule has 258 valence electrons. The number of H-pyrrole nitrogens is 1. The Bertz CT molecular complexity index is 2010. The van der Waals surface area contributed by atoms with Crippen molar-refractivity contribution in [1.29, 1.82) is 0 Å². The monoisotopic (exact) mass is 680 g/mol. The Hall–Kier alpha value is -5.73. The molecule has 0 radical (unpaired) electrons. The molecule has 50 heavy (non-hydrogen) atoms. The first kappa shape index (κ1) is 34.1. The molecule has 5 aromatic rings. The van der Waals surface area contributed by atoms with Crippen LogP contribution in [0.5, 0.6) is 11.5 Å². The van der Waals surface area contributed by atoms with Crippen LogP contribution < -0.4 is 20.3 Å². The number of nitrogens with one attached hydrogen (secondary N) is 2. The van der Waals surface area contributed by atoms with Crippen LogP contribution in [-0.2, 0) is 19.9 Å². The van der Waals surface area contributed by atoms with Crippen LogP contribution in [-0.4, -0.2) is 69.6 Å². The largest absolute Gasteiger partial charge is 0.497 e. The van der Waals surface area contributed by atoms with E-state index in [2.05, 4.69) is 30.3 Å². The number of hydrogen-bond acceptors (Lipinski definition) is 10. The number of fused-ring (bicyclic) bond motifs is 1. The number of imidazole rings is 1. The van der Waals surface area contributed by atoms with Gasteiger partial charge >= 0.3 is 0 Å². The van der Waals surface area contributed by atoms with E-state index < -0.39 is 35.6 Å². The van der Waals surface area contributed by atoms with Crippen molar-refractivity contribution in [2.45, 2.75) is 43.9 Å². The van der Waals surface area contributed by atoms with Crippen molar-refractivity contribution in [3.05, 3.63) is 123 Å². The fourth-order valence-corrected chi connectivity index (χ4v) is 6.01. The molecule has 0 aliphatic carbocycles. The van der Waals surface area contributed by atoms with Gasteiger partial charge in [0.2, 0.25) is 11.9 Å². The molecule has 15 nitrogen and oxygen atoms in total. The third kappa shape index (κ3) is 6.37. The van der Waals surface area contributed by atoms with Gasteiger partial charge in [-0.1, -0.05) is 73.6 Å². The fraction of sp³-hybridized carbons (Fsp3) is 0.314. The van der Waals surface area contributed by atoms with Gasteiger partial charge in [-0.3, -0.25) is 24.5 Å². The average molecular weight is 681 g/mol. The molecule has 4 atom stereocenters. The highest BCUT2D eigenvalue weighted by molar-refractivity contribution is 5.91. The van der Waals surface area contributed by atoms with Crippen molar-refractivity contribution in [1.82, 2.24) is 19.5 Å². The highest BCUT2D eigenvalue weighted by atomic mass is 16.6. The molecule has 0 saturated carbocycles. The Balaban J connectivity index is 1.40. The third-order valence-electron chi connectivity index (χ3n) is 8.63. The minimum absolute atomic E-state index is 0.0366. The first-order valence-corrected chi connectivity index (χ1v) is 15.8. The molecule has 2 aromatic heterocycles. The standard InChI is InChI=1S/C35H36N8O7/c1-20(2)31(45)39-34-38-30-28(32(46)40-34)37-19-43(30)33-29(44)27(41-42-36)26(50-33)18-49-35(21-8-6-5-7-9-21,22-10-14-24(47-3)15-11-22)23-12-16-25(48-4)17-13-23/h5-17,19-20,26-27,29,33,44H,18H2,1-4H3,(H2,38,39,40,45,46)/t26-,27?,29-,33-/m1/s1. The summed E-state index contributed by atoms with van der Waals surface area (Å²) in [6.07, 6.45) is -2.24. The summed E-state index contributed by atoms with van der Waals surface area (Å²) in [5.74, 6) is 0.502. The predicted molar refractivity (Wildman–Crippen MR) is 183 cm³/mol. The number of aliphatic hydroxyl groups excluding tert-OH is 1. The van der Waals surface area contributed by atoms with E-state index >= 15 is 0 Å². The number of hydrogen-bond donors (Lipinski definition) is 3. The molecule has 1 aliphatic heterocycles. The number of carbonyl (C=O) groups is 1. The van der Waals surface area contributed by atoms with Gasteiger partial charge in [0.1, 0.15) is 23.2 Å². The summed E-state index contributed by atoms with van der Waals surface area (Å²) in [6, 6.07) is 23.5. The van der Waals surface area contributed by atoms with Crippen LogP contribution in [0.2, 0.25) is 0 Å². The maximum Gasteiger partial charge on any atom is 0.280 e. The highest BCUT2D eigenvalue weighted by Gasteiger charge is 2.47. The van der Waals surface area contributed by atoms with Crippen molar-refractivity contribution in [3.63, 3.8) is 0 Å². The molecule has 6 rings (SSSR count). The smallest absolute Gasteiger partial charge is 0.280 e. The first-order chi connectivity index (χ1) is 24.2. The number of aliphatic hydroxyl groups is 1. The van der Waals surface area contributed by atoms with E-state index in [1.54, 1.807) is 28.1 Å². The van der Waals surface area contributed by atoms with Crippen molar-refractivity contribution >= 4 is 23.0 Å². The molecule has 0 spiro atoms. The lowest BCUT2D eigenvalue weighted by Crippen LogP contribution is -2.39. The topological polar surface area (TPSA) is 199 Å². The van der Waals surface area contributed by atoms with Crippen molar-refractivity contribution in [3.8, 4) is 11.5 Å². The molecule has 15 heteroatoms. The zero-order chi connectivity index (χ0) is 35.4. The maximum absolute atomic E-state index is 12.9. The quantitative estimate of drug-likeness (QED) is 0.0725. The van der Waals surface area contributed by atoms with Gasteiger partial charge in [-0.25, -0.2) is 4.98 Å². The number of aromatic amines is 1. The average Bonchev–Trinajstić information content (AvgIpc) is 3.70. The van der Waals surface area contributed by atoms with E-state index in [9.17, 15) is 20.2 Å². The SMILES string of the molecule is COc1ccc(C(OC[C@H]2O[C@@H](n3cnc4c(=O)[nH]c(NC(=O)C(C)C)nc43)[C@H](O)C2N=[N+]=[N-])(c2ccccc2)c2ccc(OC)cc2)cc1. The summed E-state index contributed by atoms with van der Waals surface area (Å²) in [7, 11) is 3.18. The number of benzene rings is 3. The molecule has 3 heterocycles. The second-order valence-electron chi connectivity index (χ2n) is 11.9. The maximum atomic E-state index is 12.9. The molecule has 1 saturated heterocycles. The van der Waals surface area contributed by atoms with E-state index in [-0.39, 0.29) is 35.5 Å². The van der Waals surface area contributed by atoms with Crippen molar-refractivity contribution in [2.24, 2.45) is 11.0 Å². The second kappa shape index (κ2) is 14.4. The molecule has 3 aromatic carbocycles. The fourth-order valence-electron chi connectivity index (χ4n) is 6.01. The summed E-state index contributed by atoms with van der Waals surface area (Å²) in [6.45, 7) is 3.25. The van der Waals surface area contributed by atoms with Gasteiger partial charge in [-0.15, -0.1) is 0 Å². The third-order valence-corrected chi connectivity index (χ3v) is 8.63. The number of rotatable bonds is 12. The lowest BCUT2D eigenvalue weighted by molar-refractivity contribution is -0.118. The van der Waals surface area contributed by atoms with E-state index in [0.29, 0.717) is 11.5 Å². The van der Waals surface area contributed by atoms with Crippen LogP contribution in [0.1, 0.15) is 36.8 Å². The summed E-state index contributed by atoms with van der Waals surface area (Å²) in [4.78, 5) is 39.3. The lowest BCUT2D eigenvalue weighted by Gasteiger charge is -2.37. The minimum Gasteiger partial charge on any atom is -0.497 e. The van der Waals surface area contributed by atoms with Gasteiger partial charge in [0.25, 0.3) is 5.56 Å². The Morgan fingerprint density at radius 3 is 2.20 bits per heavy atom. The summed E-state index contributed by atoms with van der Waals surface area (Å²) >= 11 is 0. The van der Waals surface area contributed by atoms with Gasteiger partial charge in [-0.05, 0) is 46.5 Å². The molecular formula is C35H36N8O7. The van der Waals surface area contributed by atoms with E-state index in [1.165, 1.54) is 10.9 Å². The summed E-state index contributed by atoms with van der Waals surface area (Å²) in [5, 5.41) is 18.0. The minimum atomic E-state index is -1.39. The lowest BCUT2D eigenvalue weighted by atomic mass is 9.80. The number of anilines is 1. The number of ether oxygens (including phenoxy) is 4. The summed E-state index contributed by atoms with van der Waals surface area (Å²) in [5.41, 5.74) is 10.1. The van der Waals surface area contributed by atoms with Gasteiger partial charge in [-0.2, -0.15) is 4.98 Å². The Morgan fingerprint density at radius 2 is 1.64 bits per heavy atom. The van der Waals surface area contributed by atoms with Gasteiger partial charge < -0.3 is 24.1 Å². The highest BCUT2D eigenvalue weighted by Crippen LogP contribution is 2.43. The van der Waals surface area contributed by atoms with Crippen LogP contribution in [0.25, 0.3) is 21.6 Å². The Kier molecular flexibility index (Phi) is 9.83. The van der Waals surface area contributed by atoms with Crippen LogP contribution in [0.4, 0.5) is 5.95 Å². The van der Waals surface area contributed by atoms with Crippen LogP contribution in [0.15, 0.2) is 95.1 Å². The molecule has 1 fully saturated rings. The Labute approximate surface area is 286 Å². The first-order valence-electron chi connectivity index (χ1n) is 15.8. The molecule has 1 aliphatic rings. The molecule has 0 bridgehead atoms.